The summed E-state index contributed by atoms with van der Waals surface area (Å²) in [6.45, 7) is 2.26. The molecule has 3 aromatic rings. The minimum Gasteiger partial charge on any atom is -0.393 e. The summed E-state index contributed by atoms with van der Waals surface area (Å²) in [6, 6.07) is 18.0. The van der Waals surface area contributed by atoms with E-state index in [0.29, 0.717) is 6.54 Å². The number of pyridine rings is 1. The predicted octanol–water partition coefficient (Wildman–Crippen LogP) is 3.10. The molecule has 0 unspecified atom stereocenters. The highest BCUT2D eigenvalue weighted by atomic mass is 16.3. The summed E-state index contributed by atoms with van der Waals surface area (Å²) in [6.07, 6.45) is 1.49. The maximum Gasteiger partial charge on any atom is 0.253 e. The number of hydrogen-bond donors (Lipinski definition) is 3. The van der Waals surface area contributed by atoms with E-state index >= 15 is 0 Å². The van der Waals surface area contributed by atoms with E-state index in [1.807, 2.05) is 42.5 Å². The molecule has 26 heavy (non-hydrogen) atoms. The van der Waals surface area contributed by atoms with Gasteiger partial charge < -0.3 is 20.3 Å². The third-order valence-corrected chi connectivity index (χ3v) is 5.01. The highest BCUT2D eigenvalue weighted by Crippen LogP contribution is 2.22. The van der Waals surface area contributed by atoms with Crippen molar-refractivity contribution in [1.82, 2.24) is 4.98 Å². The van der Waals surface area contributed by atoms with E-state index in [-0.39, 0.29) is 11.7 Å². The number of para-hydroxylation sites is 1. The van der Waals surface area contributed by atoms with Crippen LogP contribution in [-0.2, 0) is 6.54 Å². The number of anilines is 2. The van der Waals surface area contributed by atoms with E-state index in [0.717, 1.165) is 48.1 Å². The van der Waals surface area contributed by atoms with Crippen molar-refractivity contribution in [3.8, 4) is 0 Å². The van der Waals surface area contributed by atoms with E-state index < -0.39 is 0 Å². The summed E-state index contributed by atoms with van der Waals surface area (Å²) in [4.78, 5) is 17.4. The zero-order valence-electron chi connectivity index (χ0n) is 14.6. The van der Waals surface area contributed by atoms with E-state index in [2.05, 4.69) is 27.3 Å². The fourth-order valence-corrected chi connectivity index (χ4v) is 3.44. The number of nitrogens with one attached hydrogen (secondary N) is 2. The number of nitrogens with zero attached hydrogens (tertiary/aromatic N) is 1. The number of H-pyrrole nitrogens is 1. The van der Waals surface area contributed by atoms with Gasteiger partial charge in [-0.15, -0.1) is 0 Å². The lowest BCUT2D eigenvalue weighted by Crippen LogP contribution is -2.35. The van der Waals surface area contributed by atoms with Crippen LogP contribution in [-0.4, -0.2) is 29.3 Å². The zero-order valence-corrected chi connectivity index (χ0v) is 14.6. The first-order valence-corrected chi connectivity index (χ1v) is 9.07. The van der Waals surface area contributed by atoms with Crippen LogP contribution in [0.25, 0.3) is 10.9 Å². The average molecular weight is 349 g/mol. The second-order valence-electron chi connectivity index (χ2n) is 6.83. The van der Waals surface area contributed by atoms with Crippen LogP contribution in [0, 0.1) is 0 Å². The summed E-state index contributed by atoms with van der Waals surface area (Å²) in [5.41, 5.74) is 3.68. The molecule has 5 heteroatoms. The van der Waals surface area contributed by atoms with Crippen LogP contribution in [0.3, 0.4) is 0 Å². The molecule has 1 aromatic heterocycles. The lowest BCUT2D eigenvalue weighted by molar-refractivity contribution is 0.145. The third kappa shape index (κ3) is 3.58. The first-order chi connectivity index (χ1) is 12.7. The molecule has 3 N–H and O–H groups in total. The number of benzene rings is 2. The van der Waals surface area contributed by atoms with Gasteiger partial charge in [0.1, 0.15) is 0 Å². The van der Waals surface area contributed by atoms with Crippen molar-refractivity contribution in [2.75, 3.05) is 23.3 Å². The van der Waals surface area contributed by atoms with Gasteiger partial charge in [0.25, 0.3) is 5.56 Å². The Balaban J connectivity index is 1.43. The zero-order chi connectivity index (χ0) is 17.9. The van der Waals surface area contributed by atoms with Crippen LogP contribution in [0.15, 0.2) is 59.4 Å². The molecule has 4 rings (SSSR count). The Morgan fingerprint density at radius 3 is 2.58 bits per heavy atom. The van der Waals surface area contributed by atoms with E-state index in [1.54, 1.807) is 0 Å². The smallest absolute Gasteiger partial charge is 0.253 e. The third-order valence-electron chi connectivity index (χ3n) is 5.01. The van der Waals surface area contributed by atoms with E-state index in [1.165, 1.54) is 5.69 Å². The number of aliphatic hydroxyl groups is 1. The Morgan fingerprint density at radius 2 is 1.81 bits per heavy atom. The topological polar surface area (TPSA) is 68.4 Å². The Hall–Kier alpha value is -2.79. The number of aromatic nitrogens is 1. The molecule has 1 aliphatic heterocycles. The summed E-state index contributed by atoms with van der Waals surface area (Å²) in [5.74, 6) is 0. The normalized spacial score (nSPS) is 15.3. The first kappa shape index (κ1) is 16.7. The molecule has 0 amide bonds. The molecule has 2 heterocycles. The molecule has 1 aliphatic rings. The van der Waals surface area contributed by atoms with Crippen molar-refractivity contribution >= 4 is 22.3 Å². The molecule has 134 valence electrons. The highest BCUT2D eigenvalue weighted by Gasteiger charge is 2.16. The number of aromatic amines is 1. The van der Waals surface area contributed by atoms with Crippen LogP contribution < -0.4 is 15.8 Å². The van der Waals surface area contributed by atoms with Gasteiger partial charge in [0.05, 0.1) is 6.10 Å². The summed E-state index contributed by atoms with van der Waals surface area (Å²) in [7, 11) is 0. The maximum absolute atomic E-state index is 12.2. The molecular formula is C21H23N3O2. The monoisotopic (exact) mass is 349 g/mol. The highest BCUT2D eigenvalue weighted by molar-refractivity contribution is 5.78. The largest absolute Gasteiger partial charge is 0.393 e. The van der Waals surface area contributed by atoms with Crippen molar-refractivity contribution in [1.29, 1.82) is 0 Å². The van der Waals surface area contributed by atoms with Crippen LogP contribution in [0.2, 0.25) is 0 Å². The molecule has 0 saturated carbocycles. The number of rotatable bonds is 4. The molecule has 5 nitrogen and oxygen atoms in total. The number of hydrogen-bond acceptors (Lipinski definition) is 4. The Morgan fingerprint density at radius 1 is 1.08 bits per heavy atom. The van der Waals surface area contributed by atoms with Gasteiger partial charge in [-0.1, -0.05) is 18.2 Å². The van der Waals surface area contributed by atoms with Crippen molar-refractivity contribution in [3.63, 3.8) is 0 Å². The van der Waals surface area contributed by atoms with Crippen molar-refractivity contribution in [2.45, 2.75) is 25.5 Å². The lowest BCUT2D eigenvalue weighted by Gasteiger charge is -2.31. The molecule has 0 aliphatic carbocycles. The van der Waals surface area contributed by atoms with Gasteiger partial charge in [0.15, 0.2) is 0 Å². The van der Waals surface area contributed by atoms with Gasteiger partial charge in [-0.3, -0.25) is 4.79 Å². The Bertz CT molecular complexity index is 941. The molecular weight excluding hydrogens is 326 g/mol. The molecule has 0 spiro atoms. The first-order valence-electron chi connectivity index (χ1n) is 9.07. The van der Waals surface area contributed by atoms with Crippen LogP contribution in [0.4, 0.5) is 11.4 Å². The van der Waals surface area contributed by atoms with Crippen LogP contribution >= 0.6 is 0 Å². The van der Waals surface area contributed by atoms with Crippen molar-refractivity contribution in [3.05, 3.63) is 70.5 Å². The molecule has 0 radical (unpaired) electrons. The summed E-state index contributed by atoms with van der Waals surface area (Å²) < 4.78 is 0. The maximum atomic E-state index is 12.2. The fraction of sp³-hybridized carbons (Fsp3) is 0.286. The second kappa shape index (κ2) is 7.22. The molecule has 1 saturated heterocycles. The number of piperidine rings is 1. The van der Waals surface area contributed by atoms with Crippen LogP contribution in [0.1, 0.15) is 18.4 Å². The van der Waals surface area contributed by atoms with Gasteiger partial charge in [0.2, 0.25) is 0 Å². The minimum absolute atomic E-state index is 0.0558. The average Bonchev–Trinajstić information content (AvgIpc) is 2.67. The Kier molecular flexibility index (Phi) is 4.63. The molecule has 2 aromatic carbocycles. The molecule has 0 bridgehead atoms. The number of fused-ring (bicyclic) bond motifs is 1. The fourth-order valence-electron chi connectivity index (χ4n) is 3.44. The van der Waals surface area contributed by atoms with Crippen molar-refractivity contribution < 1.29 is 5.11 Å². The lowest BCUT2D eigenvalue weighted by atomic mass is 10.1. The standard InChI is InChI=1S/C21H23N3O2/c25-19-9-11-24(12-10-19)18-7-5-17(6-8-18)22-14-16-13-15-3-1-2-4-20(15)23-21(16)26/h1-8,13,19,22,25H,9-12,14H2,(H,23,26). The molecule has 1 fully saturated rings. The van der Waals surface area contributed by atoms with Gasteiger partial charge in [-0.05, 0) is 54.6 Å². The summed E-state index contributed by atoms with van der Waals surface area (Å²) in [5, 5.41) is 14.0. The van der Waals surface area contributed by atoms with Gasteiger partial charge >= 0.3 is 0 Å². The second-order valence-corrected chi connectivity index (χ2v) is 6.83. The quantitative estimate of drug-likeness (QED) is 0.677. The van der Waals surface area contributed by atoms with Gasteiger partial charge in [-0.2, -0.15) is 0 Å². The SMILES string of the molecule is O=c1[nH]c2ccccc2cc1CNc1ccc(N2CCC(O)CC2)cc1. The minimum atomic E-state index is -0.160. The Labute approximate surface area is 152 Å². The van der Waals surface area contributed by atoms with E-state index in [4.69, 9.17) is 0 Å². The van der Waals surface area contributed by atoms with Gasteiger partial charge in [-0.25, -0.2) is 0 Å². The summed E-state index contributed by atoms with van der Waals surface area (Å²) >= 11 is 0. The van der Waals surface area contributed by atoms with Crippen LogP contribution in [0.5, 0.6) is 0 Å². The number of aliphatic hydroxyl groups excluding tert-OH is 1. The van der Waals surface area contributed by atoms with Crippen molar-refractivity contribution in [2.24, 2.45) is 0 Å². The van der Waals surface area contributed by atoms with Gasteiger partial charge in [0, 0.05) is 42.1 Å². The molecule has 0 atom stereocenters. The van der Waals surface area contributed by atoms with E-state index in [9.17, 15) is 9.90 Å². The predicted molar refractivity (Wildman–Crippen MR) is 106 cm³/mol.